The van der Waals surface area contributed by atoms with Gasteiger partial charge in [-0.3, -0.25) is 4.57 Å². The molecular formula is C2H9CaO3P. The Balaban J connectivity index is 0. The van der Waals surface area contributed by atoms with Gasteiger partial charge in [0, 0.05) is 0 Å². The summed E-state index contributed by atoms with van der Waals surface area (Å²) in [5.41, 5.74) is 0. The molecule has 1 N–H and O–H groups in total. The van der Waals surface area contributed by atoms with E-state index < -0.39 is 8.25 Å². The van der Waals surface area contributed by atoms with Gasteiger partial charge in [0.15, 0.2) is 0 Å². The molecule has 3 nitrogen and oxygen atoms in total. The Morgan fingerprint density at radius 1 is 1.86 bits per heavy atom. The average molecular weight is 152 g/mol. The fourth-order valence-electron chi connectivity index (χ4n) is 0.123. The summed E-state index contributed by atoms with van der Waals surface area (Å²) in [4.78, 5) is 7.88. The zero-order valence-electron chi connectivity index (χ0n) is 3.47. The third-order valence-corrected chi connectivity index (χ3v) is 0.803. The molecule has 0 aliphatic rings. The summed E-state index contributed by atoms with van der Waals surface area (Å²) in [6.07, 6.45) is 0. The monoisotopic (exact) mass is 152 g/mol. The van der Waals surface area contributed by atoms with Crippen molar-refractivity contribution in [3.8, 4) is 0 Å². The van der Waals surface area contributed by atoms with Gasteiger partial charge in [-0.25, -0.2) is 0 Å². The summed E-state index contributed by atoms with van der Waals surface area (Å²) in [6.45, 7) is 1.98. The van der Waals surface area contributed by atoms with Crippen LogP contribution in [-0.4, -0.2) is 49.2 Å². The number of hydrogen-bond donors (Lipinski definition) is 1. The number of rotatable bonds is 2. The maximum atomic E-state index is 9.56. The molecule has 5 heteroatoms. The van der Waals surface area contributed by atoms with Gasteiger partial charge in [0.25, 0.3) is 0 Å². The van der Waals surface area contributed by atoms with Crippen LogP contribution in [0.25, 0.3) is 0 Å². The van der Waals surface area contributed by atoms with E-state index in [0.717, 1.165) is 0 Å². The van der Waals surface area contributed by atoms with Crippen molar-refractivity contribution in [2.45, 2.75) is 6.92 Å². The quantitative estimate of drug-likeness (QED) is 0.428. The van der Waals surface area contributed by atoms with E-state index in [2.05, 4.69) is 4.52 Å². The topological polar surface area (TPSA) is 46.5 Å². The third-order valence-electron chi connectivity index (χ3n) is 0.268. The summed E-state index contributed by atoms with van der Waals surface area (Å²) in [5.74, 6) is 0. The summed E-state index contributed by atoms with van der Waals surface area (Å²) < 4.78 is 13.7. The van der Waals surface area contributed by atoms with Crippen LogP contribution in [0.2, 0.25) is 0 Å². The molecule has 0 amide bonds. The summed E-state index contributed by atoms with van der Waals surface area (Å²) in [5, 5.41) is 0. The molecule has 0 radical (unpaired) electrons. The first-order valence-corrected chi connectivity index (χ1v) is 2.89. The number of hydrogen-bond acceptors (Lipinski definition) is 2. The second-order valence-corrected chi connectivity index (χ2v) is 1.52. The van der Waals surface area contributed by atoms with Crippen LogP contribution in [0.1, 0.15) is 6.92 Å². The second-order valence-electron chi connectivity index (χ2n) is 0.699. The van der Waals surface area contributed by atoms with E-state index in [1.54, 1.807) is 6.92 Å². The minimum atomic E-state index is -2.64. The van der Waals surface area contributed by atoms with Crippen molar-refractivity contribution in [1.29, 1.82) is 0 Å². The van der Waals surface area contributed by atoms with Crippen LogP contribution in [0, 0.1) is 0 Å². The Kier molecular flexibility index (Phi) is 11.9. The molecule has 0 fully saturated rings. The maximum absolute atomic E-state index is 9.56. The van der Waals surface area contributed by atoms with Crippen LogP contribution in [0.4, 0.5) is 0 Å². The summed E-state index contributed by atoms with van der Waals surface area (Å²) in [7, 11) is -2.64. The zero-order chi connectivity index (χ0) is 4.99. The van der Waals surface area contributed by atoms with E-state index in [9.17, 15) is 4.57 Å². The summed E-state index contributed by atoms with van der Waals surface area (Å²) >= 11 is 0. The van der Waals surface area contributed by atoms with E-state index in [1.807, 2.05) is 0 Å². The van der Waals surface area contributed by atoms with Crippen LogP contribution in [0.15, 0.2) is 0 Å². The van der Waals surface area contributed by atoms with Crippen LogP contribution in [-0.2, 0) is 9.09 Å². The molecule has 0 aliphatic carbocycles. The Hall–Kier alpha value is 1.41. The van der Waals surface area contributed by atoms with Gasteiger partial charge in [0.05, 0.1) is 6.61 Å². The fraction of sp³-hybridized carbons (Fsp3) is 1.00. The predicted molar refractivity (Wildman–Crippen MR) is 31.4 cm³/mol. The van der Waals surface area contributed by atoms with E-state index in [1.165, 1.54) is 0 Å². The van der Waals surface area contributed by atoms with E-state index >= 15 is 0 Å². The van der Waals surface area contributed by atoms with Crippen molar-refractivity contribution in [2.75, 3.05) is 6.61 Å². The van der Waals surface area contributed by atoms with Gasteiger partial charge in [-0.1, -0.05) is 0 Å². The standard InChI is InChI=1S/C2H7O3P.Ca.2H/c1-2-5-6(3)4;;;/h6H,2H2,1H3,(H,3,4);;;. The molecule has 0 saturated carbocycles. The predicted octanol–water partition coefficient (Wildman–Crippen LogP) is -0.511. The van der Waals surface area contributed by atoms with Crippen molar-refractivity contribution >= 4 is 46.0 Å². The molecule has 42 valence electrons. The van der Waals surface area contributed by atoms with Crippen molar-refractivity contribution < 1.29 is 14.0 Å². The van der Waals surface area contributed by atoms with E-state index in [-0.39, 0.29) is 37.7 Å². The second kappa shape index (κ2) is 7.41. The van der Waals surface area contributed by atoms with Crippen LogP contribution < -0.4 is 0 Å². The molecule has 7 heavy (non-hydrogen) atoms. The molecule has 0 heterocycles. The SMILES string of the molecule is CCO[PH](=O)O.[CaH2]. The molecule has 1 atom stereocenters. The Morgan fingerprint density at radius 3 is 2.29 bits per heavy atom. The van der Waals surface area contributed by atoms with Gasteiger partial charge in [-0.15, -0.1) is 0 Å². The fourth-order valence-corrected chi connectivity index (χ4v) is 0.370. The van der Waals surface area contributed by atoms with Gasteiger partial charge >= 0.3 is 46.0 Å². The Labute approximate surface area is 73.0 Å². The first-order chi connectivity index (χ1) is 2.77. The first kappa shape index (κ1) is 11.2. The van der Waals surface area contributed by atoms with Gasteiger partial charge < -0.3 is 9.42 Å². The van der Waals surface area contributed by atoms with Crippen molar-refractivity contribution in [3.05, 3.63) is 0 Å². The van der Waals surface area contributed by atoms with Gasteiger partial charge in [-0.05, 0) is 6.92 Å². The Morgan fingerprint density at radius 2 is 2.29 bits per heavy atom. The van der Waals surface area contributed by atoms with Crippen LogP contribution >= 0.6 is 8.25 Å². The first-order valence-electron chi connectivity index (χ1n) is 1.63. The normalized spacial score (nSPS) is 12.3. The minimum absolute atomic E-state index is 0. The van der Waals surface area contributed by atoms with Gasteiger partial charge in [0.1, 0.15) is 0 Å². The molecule has 0 aromatic heterocycles. The molecule has 0 rings (SSSR count). The van der Waals surface area contributed by atoms with Gasteiger partial charge in [0.2, 0.25) is 0 Å². The van der Waals surface area contributed by atoms with Gasteiger partial charge in [-0.2, -0.15) is 0 Å². The molecule has 0 aliphatic heterocycles. The molecule has 0 saturated heterocycles. The molecule has 0 spiro atoms. The molecule has 0 bridgehead atoms. The van der Waals surface area contributed by atoms with Crippen molar-refractivity contribution in [1.82, 2.24) is 0 Å². The molecule has 0 aromatic carbocycles. The molecular weight excluding hydrogens is 143 g/mol. The van der Waals surface area contributed by atoms with Crippen molar-refractivity contribution in [2.24, 2.45) is 0 Å². The van der Waals surface area contributed by atoms with E-state index in [4.69, 9.17) is 4.89 Å². The Bertz CT molecular complexity index is 56.9. The van der Waals surface area contributed by atoms with Crippen molar-refractivity contribution in [3.63, 3.8) is 0 Å². The molecule has 1 unspecified atom stereocenters. The van der Waals surface area contributed by atoms with Crippen LogP contribution in [0.5, 0.6) is 0 Å². The average Bonchev–Trinajstić information content (AvgIpc) is 1.35. The summed E-state index contributed by atoms with van der Waals surface area (Å²) in [6, 6.07) is 0. The van der Waals surface area contributed by atoms with Crippen LogP contribution in [0.3, 0.4) is 0 Å². The van der Waals surface area contributed by atoms with E-state index in [0.29, 0.717) is 6.61 Å². The molecule has 0 aromatic rings. The third kappa shape index (κ3) is 11.2. The zero-order valence-corrected chi connectivity index (χ0v) is 4.47.